The smallest absolute Gasteiger partial charge is 0.143 e. The molecule has 164 valence electrons. The summed E-state index contributed by atoms with van der Waals surface area (Å²) in [5.74, 6) is 0.130. The topological polar surface area (TPSA) is 28.3 Å². The summed E-state index contributed by atoms with van der Waals surface area (Å²) in [6, 6.07) is 11.2. The van der Waals surface area contributed by atoms with Crippen LogP contribution in [0.25, 0.3) is 10.9 Å². The van der Waals surface area contributed by atoms with Gasteiger partial charge in [-0.15, -0.1) is 0 Å². The predicted molar refractivity (Wildman–Crippen MR) is 123 cm³/mol. The molecular formula is C24H32F2N2OS. The van der Waals surface area contributed by atoms with E-state index in [9.17, 15) is 8.78 Å². The normalized spacial score (nSPS) is 11.1. The summed E-state index contributed by atoms with van der Waals surface area (Å²) >= 11 is 0.682. The van der Waals surface area contributed by atoms with Crippen molar-refractivity contribution in [3.63, 3.8) is 0 Å². The fraction of sp³-hybridized carbons (Fsp3) is 0.417. The van der Waals surface area contributed by atoms with Crippen molar-refractivity contribution in [1.82, 2.24) is 9.88 Å². The summed E-state index contributed by atoms with van der Waals surface area (Å²) < 4.78 is 32.3. The molecule has 0 aliphatic heterocycles. The Morgan fingerprint density at radius 3 is 2.40 bits per heavy atom. The van der Waals surface area contributed by atoms with E-state index in [0.717, 1.165) is 22.5 Å². The summed E-state index contributed by atoms with van der Waals surface area (Å²) in [5.41, 5.74) is 2.04. The molecule has 0 amide bonds. The Morgan fingerprint density at radius 1 is 1.07 bits per heavy atom. The largest absolute Gasteiger partial charge is 0.420 e. The Hall–Kier alpha value is -2.05. The molecule has 0 aliphatic carbocycles. The zero-order valence-corrected chi connectivity index (χ0v) is 19.3. The summed E-state index contributed by atoms with van der Waals surface area (Å²) in [5, 5.41) is 0.995. The molecule has 2 aromatic carbocycles. The van der Waals surface area contributed by atoms with Crippen LogP contribution >= 0.6 is 12.0 Å². The van der Waals surface area contributed by atoms with Gasteiger partial charge in [0.25, 0.3) is 0 Å². The molecule has 1 heterocycles. The molecule has 0 aliphatic rings. The van der Waals surface area contributed by atoms with Gasteiger partial charge in [0.2, 0.25) is 0 Å². The molecule has 0 spiro atoms. The number of fused-ring (bicyclic) bond motifs is 1. The average molecular weight is 435 g/mol. The number of aromatic amines is 1. The molecule has 0 saturated carbocycles. The minimum atomic E-state index is -0.631. The Kier molecular flexibility index (Phi) is 9.66. The molecule has 0 atom stereocenters. The monoisotopic (exact) mass is 434 g/mol. The van der Waals surface area contributed by atoms with Crippen molar-refractivity contribution in [3.05, 3.63) is 59.8 Å². The van der Waals surface area contributed by atoms with E-state index in [4.69, 9.17) is 4.18 Å². The minimum Gasteiger partial charge on any atom is -0.420 e. The van der Waals surface area contributed by atoms with Crippen LogP contribution in [0.15, 0.2) is 47.4 Å². The van der Waals surface area contributed by atoms with Crippen molar-refractivity contribution < 1.29 is 13.0 Å². The van der Waals surface area contributed by atoms with Gasteiger partial charge in [-0.05, 0) is 82.2 Å². The van der Waals surface area contributed by atoms with Crippen molar-refractivity contribution in [2.24, 2.45) is 5.92 Å². The summed E-state index contributed by atoms with van der Waals surface area (Å²) in [6.45, 7) is 11.2. The number of H-pyrrole nitrogens is 1. The molecule has 6 heteroatoms. The van der Waals surface area contributed by atoms with Crippen LogP contribution in [0, 0.1) is 24.5 Å². The number of nitrogens with zero attached hydrogens (tertiary/aromatic N) is 1. The van der Waals surface area contributed by atoms with E-state index >= 15 is 0 Å². The third-order valence-corrected chi connectivity index (χ3v) is 5.39. The molecule has 3 nitrogen and oxygen atoms in total. The molecular weight excluding hydrogens is 402 g/mol. The van der Waals surface area contributed by atoms with E-state index in [-0.39, 0.29) is 4.90 Å². The Bertz CT molecular complexity index is 906. The van der Waals surface area contributed by atoms with Crippen LogP contribution in [-0.2, 0) is 0 Å². The number of hydrogen-bond acceptors (Lipinski definition) is 3. The summed E-state index contributed by atoms with van der Waals surface area (Å²) in [4.78, 5) is 5.46. The first-order valence-electron chi connectivity index (χ1n) is 10.4. The number of benzene rings is 2. The lowest BCUT2D eigenvalue weighted by atomic mass is 10.1. The van der Waals surface area contributed by atoms with Gasteiger partial charge >= 0.3 is 0 Å². The summed E-state index contributed by atoms with van der Waals surface area (Å²) in [7, 11) is 2.20. The molecule has 0 radical (unpaired) electrons. The Morgan fingerprint density at radius 2 is 1.77 bits per heavy atom. The van der Waals surface area contributed by atoms with Crippen LogP contribution in [-0.4, -0.2) is 30.0 Å². The fourth-order valence-electron chi connectivity index (χ4n) is 2.93. The van der Waals surface area contributed by atoms with Gasteiger partial charge in [-0.3, -0.25) is 0 Å². The highest BCUT2D eigenvalue weighted by Crippen LogP contribution is 2.30. The predicted octanol–water partition coefficient (Wildman–Crippen LogP) is 7.21. The van der Waals surface area contributed by atoms with Crippen molar-refractivity contribution in [3.8, 4) is 5.75 Å². The molecule has 0 bridgehead atoms. The van der Waals surface area contributed by atoms with Crippen LogP contribution in [0.4, 0.5) is 8.78 Å². The van der Waals surface area contributed by atoms with Gasteiger partial charge in [0, 0.05) is 16.6 Å². The van der Waals surface area contributed by atoms with E-state index in [1.54, 1.807) is 6.07 Å². The maximum atomic E-state index is 13.5. The van der Waals surface area contributed by atoms with Crippen LogP contribution in [0.1, 0.15) is 39.3 Å². The quantitative estimate of drug-likeness (QED) is 0.380. The number of halogens is 2. The van der Waals surface area contributed by atoms with Crippen molar-refractivity contribution in [1.29, 1.82) is 0 Å². The van der Waals surface area contributed by atoms with Crippen LogP contribution in [0.5, 0.6) is 5.75 Å². The molecule has 1 N–H and O–H groups in total. The molecule has 0 fully saturated rings. The van der Waals surface area contributed by atoms with Gasteiger partial charge < -0.3 is 14.1 Å². The van der Waals surface area contributed by atoms with Gasteiger partial charge in [0.1, 0.15) is 22.3 Å². The highest BCUT2D eigenvalue weighted by atomic mass is 32.2. The van der Waals surface area contributed by atoms with E-state index in [0.29, 0.717) is 17.8 Å². The summed E-state index contributed by atoms with van der Waals surface area (Å²) in [6.07, 6.45) is 2.60. The number of aryl methyl sites for hydroxylation is 1. The van der Waals surface area contributed by atoms with E-state index < -0.39 is 11.6 Å². The third-order valence-electron chi connectivity index (χ3n) is 4.56. The van der Waals surface area contributed by atoms with Crippen molar-refractivity contribution >= 4 is 22.9 Å². The minimum absolute atomic E-state index is 0.141. The van der Waals surface area contributed by atoms with Gasteiger partial charge in [0.05, 0.1) is 12.0 Å². The van der Waals surface area contributed by atoms with Crippen LogP contribution in [0.2, 0.25) is 0 Å². The van der Waals surface area contributed by atoms with Crippen LogP contribution in [0.3, 0.4) is 0 Å². The first kappa shape index (κ1) is 24.2. The molecule has 3 aromatic rings. The first-order valence-corrected chi connectivity index (χ1v) is 11.1. The number of aromatic nitrogens is 1. The third kappa shape index (κ3) is 7.65. The van der Waals surface area contributed by atoms with Crippen molar-refractivity contribution in [2.45, 2.75) is 45.4 Å². The maximum absolute atomic E-state index is 13.5. The Labute approximate surface area is 183 Å². The SMILES string of the molecule is CCCN(C)CCC(C)C.Cc1cc2cc(OSc3c(F)cccc3F)ccc2[nH]1. The lowest BCUT2D eigenvalue weighted by Gasteiger charge is -2.16. The van der Waals surface area contributed by atoms with Gasteiger partial charge in [-0.1, -0.05) is 26.8 Å². The number of hydrogen-bond donors (Lipinski definition) is 1. The fourth-order valence-corrected chi connectivity index (χ4v) is 3.51. The van der Waals surface area contributed by atoms with E-state index in [2.05, 4.69) is 37.7 Å². The van der Waals surface area contributed by atoms with E-state index in [1.807, 2.05) is 25.1 Å². The maximum Gasteiger partial charge on any atom is 0.143 e. The van der Waals surface area contributed by atoms with Crippen molar-refractivity contribution in [2.75, 3.05) is 20.1 Å². The molecule has 3 rings (SSSR count). The highest BCUT2D eigenvalue weighted by Gasteiger charge is 2.11. The lowest BCUT2D eigenvalue weighted by Crippen LogP contribution is -2.21. The van der Waals surface area contributed by atoms with Gasteiger partial charge in [-0.2, -0.15) is 0 Å². The molecule has 30 heavy (non-hydrogen) atoms. The zero-order chi connectivity index (χ0) is 22.1. The zero-order valence-electron chi connectivity index (χ0n) is 18.5. The first-order chi connectivity index (χ1) is 14.3. The van der Waals surface area contributed by atoms with E-state index in [1.165, 1.54) is 44.1 Å². The van der Waals surface area contributed by atoms with Gasteiger partial charge in [0.15, 0.2) is 0 Å². The molecule has 1 aromatic heterocycles. The van der Waals surface area contributed by atoms with Crippen LogP contribution < -0.4 is 4.18 Å². The standard InChI is InChI=1S/C15H11F2NOS.C9H21N/c1-9-7-10-8-11(5-6-14(10)18-9)19-20-15-12(16)3-2-4-13(15)17;1-5-7-10(4)8-6-9(2)3/h2-8,18H,1H3;9H,5-8H2,1-4H3. The lowest BCUT2D eigenvalue weighted by molar-refractivity contribution is 0.311. The van der Waals surface area contributed by atoms with Gasteiger partial charge in [-0.25, -0.2) is 8.78 Å². The molecule has 0 unspecified atom stereocenters. The number of nitrogens with one attached hydrogen (secondary N) is 1. The highest BCUT2D eigenvalue weighted by molar-refractivity contribution is 7.95. The second-order valence-electron chi connectivity index (χ2n) is 7.90. The average Bonchev–Trinajstić information content (AvgIpc) is 3.06. The number of rotatable bonds is 8. The molecule has 0 saturated heterocycles. The Balaban J connectivity index is 0.000000274. The second-order valence-corrected chi connectivity index (χ2v) is 8.65. The second kappa shape index (κ2) is 12.0.